The summed E-state index contributed by atoms with van der Waals surface area (Å²) < 4.78 is 43.6. The van der Waals surface area contributed by atoms with E-state index in [0.717, 1.165) is 13.1 Å². The maximum absolute atomic E-state index is 12.2. The molecule has 1 heterocycles. The number of halogens is 5. The predicted octanol–water partition coefficient (Wildman–Crippen LogP) is 8.60. The Bertz CT molecular complexity index is 1530. The molecule has 0 radical (unpaired) electrons. The molecule has 6 nitrogen and oxygen atoms in total. The minimum atomic E-state index is -5.23. The van der Waals surface area contributed by atoms with Crippen molar-refractivity contribution in [3.63, 3.8) is 0 Å². The minimum Gasteiger partial charge on any atom is -0.502 e. The first-order chi connectivity index (χ1) is 21.4. The number of amides is 1. The van der Waals surface area contributed by atoms with Gasteiger partial charge in [-0.3, -0.25) is 0 Å². The molecule has 252 valence electrons. The van der Waals surface area contributed by atoms with Crippen LogP contribution in [0.1, 0.15) is 52.8 Å². The van der Waals surface area contributed by atoms with E-state index in [1.165, 1.54) is 67.6 Å². The largest absolute Gasteiger partial charge is 0.502 e. The van der Waals surface area contributed by atoms with Crippen LogP contribution in [0.2, 0.25) is 0 Å². The smallest absolute Gasteiger partial charge is 0.0146 e. The molecule has 0 spiro atoms. The zero-order valence-corrected chi connectivity index (χ0v) is 30.3. The van der Waals surface area contributed by atoms with Gasteiger partial charge in [0.1, 0.15) is 0 Å². The molecule has 0 unspecified atom stereocenters. The zero-order valence-electron chi connectivity index (χ0n) is 27.1. The van der Waals surface area contributed by atoms with Crippen LogP contribution in [0.5, 0.6) is 5.75 Å². The molecule has 1 N–H and O–H groups in total. The number of nitrogens with zero attached hydrogens (tertiary/aromatic N) is 2. The van der Waals surface area contributed by atoms with E-state index in [9.17, 15) is 22.8 Å². The normalized spacial score (nSPS) is 13.3. The maximum Gasteiger partial charge on any atom is 0.0146 e. The van der Waals surface area contributed by atoms with Gasteiger partial charge in [0.05, 0.1) is 0 Å². The van der Waals surface area contributed by atoms with Crippen molar-refractivity contribution in [2.45, 2.75) is 67.7 Å². The number of benzene rings is 3. The number of Topliss-reactive ketones (excluding diaryl/α,β-unsaturated/α-hetero) is 1. The van der Waals surface area contributed by atoms with E-state index >= 15 is 0 Å². The number of hydrogen-bond donors (Lipinski definition) is 1. The van der Waals surface area contributed by atoms with Crippen molar-refractivity contribution in [1.29, 1.82) is 0 Å². The molecule has 0 aromatic heterocycles. The molecule has 4 rings (SSSR count). The summed E-state index contributed by atoms with van der Waals surface area (Å²) in [6.45, 7) is 21.1. The number of ether oxygens (including phenoxy) is 1. The Morgan fingerprint density at radius 2 is 1.33 bits per heavy atom. The Balaban J connectivity index is 0.000000250. The first kappa shape index (κ1) is 37.5. The van der Waals surface area contributed by atoms with Crippen LogP contribution < -0.4 is 19.9 Å². The van der Waals surface area contributed by atoms with Gasteiger partial charge in [-0.25, -0.2) is 0 Å². The quantitative estimate of drug-likeness (QED) is 0.148. The monoisotopic (exact) mass is 766 g/mol. The van der Waals surface area contributed by atoms with Gasteiger partial charge in [-0.2, -0.15) is 6.67 Å². The van der Waals surface area contributed by atoms with Crippen LogP contribution >= 0.6 is 19.4 Å². The van der Waals surface area contributed by atoms with Crippen molar-refractivity contribution < 1.29 is 41.0 Å². The second-order valence-electron chi connectivity index (χ2n) is 11.5. The van der Waals surface area contributed by atoms with E-state index in [1.54, 1.807) is 13.8 Å². The Morgan fingerprint density at radius 1 is 0.870 bits per heavy atom. The third-order valence-electron chi connectivity index (χ3n) is 6.99. The van der Waals surface area contributed by atoms with Crippen molar-refractivity contribution in [2.75, 3.05) is 28.2 Å². The van der Waals surface area contributed by atoms with Crippen molar-refractivity contribution in [1.82, 2.24) is 0 Å². The van der Waals surface area contributed by atoms with Gasteiger partial charge in [-0.15, -0.1) is 0 Å². The van der Waals surface area contributed by atoms with Crippen LogP contribution in [-0.2, 0) is 23.1 Å². The van der Waals surface area contributed by atoms with Crippen LogP contribution in [0.25, 0.3) is 0 Å². The van der Waals surface area contributed by atoms with Crippen molar-refractivity contribution >= 4 is 52.7 Å². The second kappa shape index (κ2) is 15.8. The van der Waals surface area contributed by atoms with Crippen LogP contribution in [0, 0.1) is 48.2 Å². The summed E-state index contributed by atoms with van der Waals surface area (Å²) >= 11 is -2.24. The first-order valence-electron chi connectivity index (χ1n) is 14.5. The molecule has 46 heavy (non-hydrogen) atoms. The molecule has 1 aliphatic heterocycles. The predicted molar refractivity (Wildman–Crippen MR) is 179 cm³/mol. The number of hydrogen-bond acceptors (Lipinski definition) is 5. The van der Waals surface area contributed by atoms with Crippen molar-refractivity contribution in [3.8, 4) is 5.75 Å². The fourth-order valence-corrected chi connectivity index (χ4v) is 7.34. The summed E-state index contributed by atoms with van der Waals surface area (Å²) in [5.74, 6) is -3.83. The number of nitrogens with one attached hydrogen (secondary N) is 1. The third kappa shape index (κ3) is 10.0. The second-order valence-corrected chi connectivity index (χ2v) is 17.2. The zero-order chi connectivity index (χ0) is 34.5. The topological polar surface area (TPSA) is 61.9 Å². The van der Waals surface area contributed by atoms with E-state index in [0.29, 0.717) is 11.3 Å². The number of aryl methyl sites for hydroxylation is 6. The van der Waals surface area contributed by atoms with Crippen molar-refractivity contribution in [2.24, 2.45) is 0 Å². The number of rotatable bonds is 7. The molecule has 3 aromatic carbocycles. The summed E-state index contributed by atoms with van der Waals surface area (Å²) in [6.07, 6.45) is -5.38. The number of anilines is 3. The van der Waals surface area contributed by atoms with E-state index in [-0.39, 0.29) is 11.8 Å². The van der Waals surface area contributed by atoms with E-state index < -0.39 is 31.4 Å². The molecular formula is C34H39Cl2F3N3O3Ru-. The van der Waals surface area contributed by atoms with Gasteiger partial charge < -0.3 is 9.80 Å². The van der Waals surface area contributed by atoms with Gasteiger partial charge >= 0.3 is 143 Å². The fraction of sp³-hybridized carbons (Fsp3) is 0.353. The molecule has 1 amide bonds. The Labute approximate surface area is 282 Å². The molecule has 3 aromatic rings. The SMILES string of the molecule is CC(C)Oc1ccc(NC(=O)C(=O)C(F)(F)F)cc1[CH]=[Ru]([Cl])[Cl].Cc1cc(C)c(N2[CH-]N(c3c(C)cc(C)cc3C)CC2)c(C)c1. The molecule has 0 saturated carbocycles. The Hall–Kier alpha value is -2.94. The van der Waals surface area contributed by atoms with E-state index in [1.807, 2.05) is 5.32 Å². The number of carbonyl (C=O) groups excluding carboxylic acids is 2. The van der Waals surface area contributed by atoms with Crippen molar-refractivity contribution in [3.05, 3.63) is 88.1 Å². The van der Waals surface area contributed by atoms with Crippen LogP contribution in [-0.4, -0.2) is 41.7 Å². The molecule has 1 aliphatic rings. The summed E-state index contributed by atoms with van der Waals surface area (Å²) in [5, 5.41) is 1.89. The minimum absolute atomic E-state index is 0.00120. The summed E-state index contributed by atoms with van der Waals surface area (Å²) in [6, 6.07) is 13.2. The molecule has 0 bridgehead atoms. The Morgan fingerprint density at radius 3 is 1.72 bits per heavy atom. The average molecular weight is 767 g/mol. The average Bonchev–Trinajstić information content (AvgIpc) is 3.36. The van der Waals surface area contributed by atoms with Gasteiger partial charge in [0, 0.05) is 24.5 Å². The van der Waals surface area contributed by atoms with E-state index in [2.05, 4.69) is 82.3 Å². The standard InChI is InChI=1S/C21H27N2.C13H12F3NO3.2ClH.Ru/c1-14-9-16(3)20(17(4)10-14)22-7-8-23(13-22)21-18(5)11-15(2)12-19(21)6;1-7(2)20-10-5-4-9(6-8(10)3)17-12(19)11(18)13(14,15)16;;;/h9-13H,7-8H2,1-6H3;3-7H,1-2H3,(H,17,19);2*1H;/q-1;;;;+2/p-2. The van der Waals surface area contributed by atoms with Gasteiger partial charge in [-0.05, 0) is 63.8 Å². The molecule has 12 heteroatoms. The number of ketones is 1. The number of carbonyl (C=O) groups is 2. The molecule has 0 atom stereocenters. The van der Waals surface area contributed by atoms with Gasteiger partial charge in [0.25, 0.3) is 0 Å². The van der Waals surface area contributed by atoms with Gasteiger partial charge in [0.15, 0.2) is 0 Å². The summed E-state index contributed by atoms with van der Waals surface area (Å²) in [4.78, 5) is 26.9. The number of alkyl halides is 3. The summed E-state index contributed by atoms with van der Waals surface area (Å²) in [7, 11) is 11.6. The fourth-order valence-electron chi connectivity index (χ4n) is 5.56. The summed E-state index contributed by atoms with van der Waals surface area (Å²) in [5.41, 5.74) is 11.3. The van der Waals surface area contributed by atoms with Gasteiger partial charge in [0.2, 0.25) is 0 Å². The third-order valence-corrected chi connectivity index (χ3v) is 8.82. The maximum atomic E-state index is 12.2. The van der Waals surface area contributed by atoms with Crippen LogP contribution in [0.3, 0.4) is 0 Å². The van der Waals surface area contributed by atoms with Crippen LogP contribution in [0.4, 0.5) is 30.2 Å². The van der Waals surface area contributed by atoms with E-state index in [4.69, 9.17) is 24.1 Å². The molecular weight excluding hydrogens is 727 g/mol. The molecule has 1 saturated heterocycles. The first-order valence-corrected chi connectivity index (χ1v) is 20.0. The van der Waals surface area contributed by atoms with Gasteiger partial charge in [-0.1, -0.05) is 35.4 Å². The Kier molecular flexibility index (Phi) is 12.9. The molecule has 1 fully saturated rings. The van der Waals surface area contributed by atoms with Crippen LogP contribution in [0.15, 0.2) is 42.5 Å². The molecule has 0 aliphatic carbocycles.